The highest BCUT2D eigenvalue weighted by atomic mass is 16.5. The van der Waals surface area contributed by atoms with E-state index >= 15 is 0 Å². The van der Waals surface area contributed by atoms with Crippen molar-refractivity contribution in [3.63, 3.8) is 0 Å². The van der Waals surface area contributed by atoms with Gasteiger partial charge in [0, 0.05) is 50.9 Å². The van der Waals surface area contributed by atoms with Gasteiger partial charge in [0.05, 0.1) is 7.11 Å². The molecule has 1 aromatic carbocycles. The number of ether oxygens (including phenoxy) is 1. The van der Waals surface area contributed by atoms with Crippen molar-refractivity contribution in [2.75, 3.05) is 44.7 Å². The Labute approximate surface area is 220 Å². The molecule has 37 heavy (non-hydrogen) atoms. The van der Waals surface area contributed by atoms with Gasteiger partial charge in [0.15, 0.2) is 0 Å². The molecular formula is C30H39N5O2. The minimum absolute atomic E-state index is 0.439. The molecule has 0 saturated carbocycles. The highest BCUT2D eigenvalue weighted by Gasteiger charge is 2.34. The van der Waals surface area contributed by atoms with Crippen molar-refractivity contribution in [1.29, 1.82) is 0 Å². The van der Waals surface area contributed by atoms with E-state index in [4.69, 9.17) is 9.15 Å². The lowest BCUT2D eigenvalue weighted by atomic mass is 9.69. The third-order valence-electron chi connectivity index (χ3n) is 8.12. The molecule has 1 fully saturated rings. The molecule has 1 aliphatic carbocycles. The summed E-state index contributed by atoms with van der Waals surface area (Å²) in [5, 5.41) is 8.70. The van der Waals surface area contributed by atoms with Crippen molar-refractivity contribution in [2.24, 2.45) is 23.7 Å². The van der Waals surface area contributed by atoms with Crippen LogP contribution >= 0.6 is 0 Å². The second-order valence-electron chi connectivity index (χ2n) is 10.8. The van der Waals surface area contributed by atoms with E-state index in [0.717, 1.165) is 62.2 Å². The van der Waals surface area contributed by atoms with Crippen molar-refractivity contribution in [2.45, 2.75) is 33.6 Å². The van der Waals surface area contributed by atoms with Gasteiger partial charge in [-0.1, -0.05) is 31.6 Å². The molecule has 0 radical (unpaired) electrons. The molecule has 0 amide bonds. The molecule has 0 spiro atoms. The van der Waals surface area contributed by atoms with Crippen LogP contribution in [0.4, 0.5) is 5.82 Å². The van der Waals surface area contributed by atoms with Crippen LogP contribution in [0.3, 0.4) is 0 Å². The highest BCUT2D eigenvalue weighted by molar-refractivity contribution is 5.54. The summed E-state index contributed by atoms with van der Waals surface area (Å²) in [5.41, 5.74) is 2.37. The number of allylic oxidation sites excluding steroid dienone is 1. The maximum absolute atomic E-state index is 6.08. The quantitative estimate of drug-likeness (QED) is 0.385. The maximum atomic E-state index is 6.08. The van der Waals surface area contributed by atoms with Crippen LogP contribution in [-0.2, 0) is 6.42 Å². The largest absolute Gasteiger partial charge is 0.497 e. The van der Waals surface area contributed by atoms with Gasteiger partial charge in [-0.3, -0.25) is 4.90 Å². The van der Waals surface area contributed by atoms with Crippen LogP contribution in [0.2, 0.25) is 0 Å². The minimum atomic E-state index is 0.439. The Morgan fingerprint density at radius 3 is 2.49 bits per heavy atom. The van der Waals surface area contributed by atoms with E-state index in [-0.39, 0.29) is 0 Å². The molecule has 5 rings (SSSR count). The Bertz CT molecular complexity index is 1170. The topological polar surface area (TPSA) is 67.5 Å². The third-order valence-corrected chi connectivity index (χ3v) is 8.12. The summed E-state index contributed by atoms with van der Waals surface area (Å²) in [4.78, 5) is 9.58. The molecular weight excluding hydrogens is 462 g/mol. The molecule has 1 aliphatic heterocycles. The molecule has 0 bridgehead atoms. The molecule has 2 aromatic heterocycles. The molecule has 3 heterocycles. The number of nitrogens with zero attached hydrogens (tertiary/aromatic N) is 5. The van der Waals surface area contributed by atoms with E-state index < -0.39 is 0 Å². The van der Waals surface area contributed by atoms with Crippen molar-refractivity contribution in [3.8, 4) is 17.2 Å². The summed E-state index contributed by atoms with van der Waals surface area (Å²) < 4.78 is 11.3. The standard InChI is InChI=1S/C30H39N5O2/c1-21(2)27-18-24(19-29-32-33-30(37-29)23-8-10-26(36-4)11-9-23)22(3)17-25(27)20-34-13-15-35(16-14-34)28-7-5-6-12-31-28/h5-12,17,21,24-25,27H,13-16,18-20H2,1-4H3. The molecule has 196 valence electrons. The molecule has 1 saturated heterocycles. The fourth-order valence-electron chi connectivity index (χ4n) is 5.88. The summed E-state index contributed by atoms with van der Waals surface area (Å²) in [6, 6.07) is 13.9. The van der Waals surface area contributed by atoms with Gasteiger partial charge in [-0.25, -0.2) is 4.98 Å². The van der Waals surface area contributed by atoms with Gasteiger partial charge in [0.1, 0.15) is 11.6 Å². The Morgan fingerprint density at radius 2 is 1.81 bits per heavy atom. The minimum Gasteiger partial charge on any atom is -0.497 e. The average Bonchev–Trinajstić information content (AvgIpc) is 3.39. The highest BCUT2D eigenvalue weighted by Crippen LogP contribution is 2.39. The summed E-state index contributed by atoms with van der Waals surface area (Å²) in [7, 11) is 1.67. The smallest absolute Gasteiger partial charge is 0.247 e. The van der Waals surface area contributed by atoms with Gasteiger partial charge < -0.3 is 14.1 Å². The van der Waals surface area contributed by atoms with Crippen molar-refractivity contribution < 1.29 is 9.15 Å². The first-order chi connectivity index (χ1) is 18.0. The zero-order chi connectivity index (χ0) is 25.8. The lowest BCUT2D eigenvalue weighted by Gasteiger charge is -2.41. The summed E-state index contributed by atoms with van der Waals surface area (Å²) in [6.07, 6.45) is 6.39. The van der Waals surface area contributed by atoms with Crippen LogP contribution in [-0.4, -0.2) is 59.9 Å². The van der Waals surface area contributed by atoms with E-state index in [1.54, 1.807) is 7.11 Å². The number of anilines is 1. The van der Waals surface area contributed by atoms with Crippen molar-refractivity contribution >= 4 is 5.82 Å². The van der Waals surface area contributed by atoms with E-state index in [9.17, 15) is 0 Å². The van der Waals surface area contributed by atoms with Gasteiger partial charge in [-0.2, -0.15) is 0 Å². The third kappa shape index (κ3) is 6.04. The van der Waals surface area contributed by atoms with Crippen molar-refractivity contribution in [3.05, 3.63) is 66.2 Å². The van der Waals surface area contributed by atoms with Crippen LogP contribution in [0, 0.1) is 23.7 Å². The normalized spacial score (nSPS) is 22.8. The average molecular weight is 502 g/mol. The summed E-state index contributed by atoms with van der Waals surface area (Å²) in [6.45, 7) is 12.4. The molecule has 7 heteroatoms. The maximum Gasteiger partial charge on any atom is 0.247 e. The molecule has 7 nitrogen and oxygen atoms in total. The summed E-state index contributed by atoms with van der Waals surface area (Å²) in [5.74, 6) is 5.48. The second-order valence-corrected chi connectivity index (χ2v) is 10.8. The van der Waals surface area contributed by atoms with Gasteiger partial charge in [0.2, 0.25) is 11.8 Å². The summed E-state index contributed by atoms with van der Waals surface area (Å²) >= 11 is 0. The Kier molecular flexibility index (Phi) is 7.89. The van der Waals surface area contributed by atoms with E-state index in [2.05, 4.69) is 64.0 Å². The zero-order valence-electron chi connectivity index (χ0n) is 22.5. The molecule has 0 N–H and O–H groups in total. The number of hydrogen-bond acceptors (Lipinski definition) is 7. The first kappa shape index (κ1) is 25.5. The van der Waals surface area contributed by atoms with Crippen LogP contribution in [0.5, 0.6) is 5.75 Å². The van der Waals surface area contributed by atoms with Crippen LogP contribution < -0.4 is 9.64 Å². The SMILES string of the molecule is COc1ccc(-c2nnc(CC3CC(C(C)C)C(CN4CCN(c5ccccn5)CC4)C=C3C)o2)cc1. The van der Waals surface area contributed by atoms with E-state index in [0.29, 0.717) is 29.6 Å². The Morgan fingerprint density at radius 1 is 1.03 bits per heavy atom. The lowest BCUT2D eigenvalue weighted by molar-refractivity contribution is 0.155. The second kappa shape index (κ2) is 11.5. The first-order valence-corrected chi connectivity index (χ1v) is 13.5. The molecule has 3 unspecified atom stereocenters. The van der Waals surface area contributed by atoms with Crippen LogP contribution in [0.15, 0.2) is 64.7 Å². The van der Waals surface area contributed by atoms with Crippen LogP contribution in [0.1, 0.15) is 33.1 Å². The molecule has 3 aromatic rings. The first-order valence-electron chi connectivity index (χ1n) is 13.5. The Balaban J connectivity index is 1.21. The number of benzene rings is 1. The van der Waals surface area contributed by atoms with Gasteiger partial charge >= 0.3 is 0 Å². The molecule has 3 atom stereocenters. The Hall–Kier alpha value is -3.19. The van der Waals surface area contributed by atoms with E-state index in [1.165, 1.54) is 12.0 Å². The van der Waals surface area contributed by atoms with Gasteiger partial charge in [0.25, 0.3) is 0 Å². The number of pyridine rings is 1. The number of piperazine rings is 1. The fourth-order valence-corrected chi connectivity index (χ4v) is 5.88. The molecule has 2 aliphatic rings. The van der Waals surface area contributed by atoms with E-state index in [1.807, 2.05) is 36.5 Å². The lowest BCUT2D eigenvalue weighted by Crippen LogP contribution is -2.49. The van der Waals surface area contributed by atoms with Gasteiger partial charge in [-0.05, 0) is 73.4 Å². The predicted molar refractivity (Wildman–Crippen MR) is 147 cm³/mol. The zero-order valence-corrected chi connectivity index (χ0v) is 22.5. The predicted octanol–water partition coefficient (Wildman–Crippen LogP) is 5.36. The number of hydrogen-bond donors (Lipinski definition) is 0. The fraction of sp³-hybridized carbons (Fsp3) is 0.500. The van der Waals surface area contributed by atoms with Gasteiger partial charge in [-0.15, -0.1) is 10.2 Å². The monoisotopic (exact) mass is 501 g/mol. The number of methoxy groups -OCH3 is 1. The van der Waals surface area contributed by atoms with Crippen LogP contribution in [0.25, 0.3) is 11.5 Å². The number of rotatable bonds is 8. The number of aromatic nitrogens is 3. The van der Waals surface area contributed by atoms with Crippen molar-refractivity contribution in [1.82, 2.24) is 20.1 Å².